The highest BCUT2D eigenvalue weighted by molar-refractivity contribution is 7.99. The van der Waals surface area contributed by atoms with E-state index in [2.05, 4.69) is 0 Å². The van der Waals surface area contributed by atoms with Crippen molar-refractivity contribution in [1.29, 1.82) is 0 Å². The molecule has 2 fully saturated rings. The number of carboxylic acid groups (broad SMARTS) is 1. The molecule has 3 atom stereocenters. The molecule has 21 heavy (non-hydrogen) atoms. The molecule has 2 amide bonds. The molecule has 0 aromatic carbocycles. The van der Waals surface area contributed by atoms with Gasteiger partial charge in [0.25, 0.3) is 0 Å². The summed E-state index contributed by atoms with van der Waals surface area (Å²) in [6, 6.07) is -0.394. The molecule has 2 aliphatic heterocycles. The highest BCUT2D eigenvalue weighted by Crippen LogP contribution is 2.28. The lowest BCUT2D eigenvalue weighted by atomic mass is 9.93. The molecule has 118 valence electrons. The van der Waals surface area contributed by atoms with Crippen LogP contribution in [0.25, 0.3) is 0 Å². The maximum Gasteiger partial charge on any atom is 0.308 e. The Morgan fingerprint density at radius 1 is 1.24 bits per heavy atom. The molecular formula is C14H22N2O4S. The van der Waals surface area contributed by atoms with Gasteiger partial charge in [-0.2, -0.15) is 0 Å². The van der Waals surface area contributed by atoms with Crippen molar-refractivity contribution in [2.75, 3.05) is 18.2 Å². The summed E-state index contributed by atoms with van der Waals surface area (Å²) in [6.45, 7) is 3.99. The van der Waals surface area contributed by atoms with Crippen LogP contribution in [0.2, 0.25) is 0 Å². The first-order chi connectivity index (χ1) is 9.95. The summed E-state index contributed by atoms with van der Waals surface area (Å²) in [5.41, 5.74) is 0. The maximum absolute atomic E-state index is 12.7. The molecule has 6 nitrogen and oxygen atoms in total. The van der Waals surface area contributed by atoms with Crippen molar-refractivity contribution in [1.82, 2.24) is 9.80 Å². The Morgan fingerprint density at radius 2 is 1.95 bits per heavy atom. The number of hydrogen-bond donors (Lipinski definition) is 1. The van der Waals surface area contributed by atoms with Crippen LogP contribution in [-0.4, -0.2) is 62.9 Å². The van der Waals surface area contributed by atoms with E-state index in [1.54, 1.807) is 28.5 Å². The van der Waals surface area contributed by atoms with Crippen LogP contribution < -0.4 is 0 Å². The fourth-order valence-electron chi connectivity index (χ4n) is 2.90. The topological polar surface area (TPSA) is 77.9 Å². The number of nitrogens with zero attached hydrogens (tertiary/aromatic N) is 2. The minimum atomic E-state index is -0.845. The van der Waals surface area contributed by atoms with E-state index in [1.807, 2.05) is 6.92 Å². The van der Waals surface area contributed by atoms with Gasteiger partial charge in [-0.05, 0) is 19.8 Å². The lowest BCUT2D eigenvalue weighted by Crippen LogP contribution is -2.55. The second kappa shape index (κ2) is 6.68. The fourth-order valence-corrected chi connectivity index (χ4v) is 4.08. The van der Waals surface area contributed by atoms with Crippen LogP contribution in [0.4, 0.5) is 0 Å². The van der Waals surface area contributed by atoms with Gasteiger partial charge in [-0.3, -0.25) is 14.4 Å². The Hall–Kier alpha value is -1.24. The van der Waals surface area contributed by atoms with E-state index < -0.39 is 17.9 Å². The van der Waals surface area contributed by atoms with Crippen molar-refractivity contribution in [3.05, 3.63) is 0 Å². The lowest BCUT2D eigenvalue weighted by molar-refractivity contribution is -0.151. The summed E-state index contributed by atoms with van der Waals surface area (Å²) in [4.78, 5) is 39.1. The van der Waals surface area contributed by atoms with Crippen molar-refractivity contribution < 1.29 is 19.5 Å². The van der Waals surface area contributed by atoms with Gasteiger partial charge in [-0.25, -0.2) is 0 Å². The molecule has 0 aromatic heterocycles. The number of carboxylic acids is 1. The van der Waals surface area contributed by atoms with E-state index in [0.29, 0.717) is 30.9 Å². The van der Waals surface area contributed by atoms with Crippen molar-refractivity contribution in [2.24, 2.45) is 5.92 Å². The van der Waals surface area contributed by atoms with Gasteiger partial charge >= 0.3 is 5.97 Å². The van der Waals surface area contributed by atoms with Gasteiger partial charge < -0.3 is 14.9 Å². The Balaban J connectivity index is 2.10. The van der Waals surface area contributed by atoms with Gasteiger partial charge in [0.2, 0.25) is 11.8 Å². The molecule has 2 heterocycles. The number of piperidine rings is 1. The summed E-state index contributed by atoms with van der Waals surface area (Å²) in [6.07, 6.45) is 1.69. The smallest absolute Gasteiger partial charge is 0.308 e. The second-order valence-corrected chi connectivity index (χ2v) is 6.68. The first-order valence-electron chi connectivity index (χ1n) is 7.36. The van der Waals surface area contributed by atoms with Gasteiger partial charge in [-0.15, -0.1) is 11.8 Å². The predicted octanol–water partition coefficient (Wildman–Crippen LogP) is 1.01. The van der Waals surface area contributed by atoms with Crippen LogP contribution in [0.3, 0.4) is 0 Å². The second-order valence-electron chi connectivity index (χ2n) is 5.68. The van der Waals surface area contributed by atoms with E-state index in [9.17, 15) is 14.4 Å². The third-order valence-corrected chi connectivity index (χ3v) is 5.32. The minimum absolute atomic E-state index is 0.0159. The zero-order valence-corrected chi connectivity index (χ0v) is 13.3. The molecule has 2 saturated heterocycles. The van der Waals surface area contributed by atoms with E-state index >= 15 is 0 Å². The molecule has 1 N–H and O–H groups in total. The van der Waals surface area contributed by atoms with Crippen LogP contribution in [-0.2, 0) is 14.4 Å². The highest BCUT2D eigenvalue weighted by Gasteiger charge is 2.40. The quantitative estimate of drug-likeness (QED) is 0.841. The molecule has 2 rings (SSSR count). The van der Waals surface area contributed by atoms with E-state index in [1.165, 1.54) is 0 Å². The third kappa shape index (κ3) is 3.33. The number of amides is 2. The first-order valence-corrected chi connectivity index (χ1v) is 8.51. The van der Waals surface area contributed by atoms with E-state index in [4.69, 9.17) is 5.11 Å². The van der Waals surface area contributed by atoms with Crippen LogP contribution in [0.1, 0.15) is 33.1 Å². The molecular weight excluding hydrogens is 292 g/mol. The Labute approximate surface area is 128 Å². The summed E-state index contributed by atoms with van der Waals surface area (Å²) >= 11 is 1.58. The largest absolute Gasteiger partial charge is 0.481 e. The molecule has 2 aliphatic rings. The summed E-state index contributed by atoms with van der Waals surface area (Å²) in [5.74, 6) is -0.297. The molecule has 0 aromatic rings. The predicted molar refractivity (Wildman–Crippen MR) is 79.8 cm³/mol. The number of hydrogen-bond acceptors (Lipinski definition) is 4. The number of carbonyl (C=O) groups is 3. The molecule has 0 bridgehead atoms. The van der Waals surface area contributed by atoms with E-state index in [0.717, 1.165) is 0 Å². The zero-order chi connectivity index (χ0) is 15.6. The number of rotatable bonds is 3. The monoisotopic (exact) mass is 314 g/mol. The third-order valence-electron chi connectivity index (χ3n) is 4.30. The van der Waals surface area contributed by atoms with Crippen molar-refractivity contribution in [3.63, 3.8) is 0 Å². The van der Waals surface area contributed by atoms with Crippen LogP contribution in [0.15, 0.2) is 0 Å². The minimum Gasteiger partial charge on any atom is -0.481 e. The molecule has 3 unspecified atom stereocenters. The van der Waals surface area contributed by atoms with Crippen molar-refractivity contribution in [3.8, 4) is 0 Å². The summed E-state index contributed by atoms with van der Waals surface area (Å²) < 4.78 is 0. The average molecular weight is 314 g/mol. The number of aliphatic carboxylic acids is 1. The number of thioether (sulfide) groups is 1. The molecule has 0 aliphatic carbocycles. The molecule has 7 heteroatoms. The Kier molecular flexibility index (Phi) is 5.13. The van der Waals surface area contributed by atoms with Crippen LogP contribution in [0.5, 0.6) is 0 Å². The van der Waals surface area contributed by atoms with Crippen molar-refractivity contribution >= 4 is 29.5 Å². The molecule has 0 saturated carbocycles. The molecule has 0 radical (unpaired) electrons. The maximum atomic E-state index is 12.7. The summed E-state index contributed by atoms with van der Waals surface area (Å²) in [7, 11) is 0. The molecule has 0 spiro atoms. The van der Waals surface area contributed by atoms with Crippen LogP contribution >= 0.6 is 11.8 Å². The highest BCUT2D eigenvalue weighted by atomic mass is 32.2. The Morgan fingerprint density at radius 3 is 2.57 bits per heavy atom. The number of carbonyl (C=O) groups excluding carboxylic acids is 2. The SMILES string of the molecule is CCC(=O)N1CSCC1C(=O)N1CC(C(=O)O)CCC1C. The normalized spacial score (nSPS) is 29.5. The van der Waals surface area contributed by atoms with Gasteiger partial charge in [0.15, 0.2) is 0 Å². The number of likely N-dealkylation sites (tertiary alicyclic amines) is 1. The average Bonchev–Trinajstić information content (AvgIpc) is 2.95. The fraction of sp³-hybridized carbons (Fsp3) is 0.786. The lowest BCUT2D eigenvalue weighted by Gasteiger charge is -2.39. The first kappa shape index (κ1) is 16.1. The van der Waals surface area contributed by atoms with Gasteiger partial charge in [-0.1, -0.05) is 6.92 Å². The zero-order valence-electron chi connectivity index (χ0n) is 12.4. The Bertz CT molecular complexity index is 443. The van der Waals surface area contributed by atoms with Gasteiger partial charge in [0, 0.05) is 24.8 Å². The van der Waals surface area contributed by atoms with Crippen LogP contribution in [0, 0.1) is 5.92 Å². The standard InChI is InChI=1S/C14H22N2O4S/c1-3-12(17)16-8-21-7-11(16)13(18)15-6-10(14(19)20)5-4-9(15)2/h9-11H,3-8H2,1-2H3,(H,19,20). The van der Waals surface area contributed by atoms with Gasteiger partial charge in [0.1, 0.15) is 6.04 Å². The van der Waals surface area contributed by atoms with E-state index in [-0.39, 0.29) is 24.4 Å². The van der Waals surface area contributed by atoms with Crippen molar-refractivity contribution in [2.45, 2.75) is 45.2 Å². The van der Waals surface area contributed by atoms with Gasteiger partial charge in [0.05, 0.1) is 11.8 Å². The summed E-state index contributed by atoms with van der Waals surface area (Å²) in [5, 5.41) is 9.16.